The van der Waals surface area contributed by atoms with Crippen molar-refractivity contribution in [1.82, 2.24) is 5.32 Å². The van der Waals surface area contributed by atoms with Gasteiger partial charge in [0.05, 0.1) is 10.4 Å². The van der Waals surface area contributed by atoms with Crippen molar-refractivity contribution in [3.63, 3.8) is 0 Å². The van der Waals surface area contributed by atoms with Gasteiger partial charge in [-0.2, -0.15) is 0 Å². The molecule has 0 radical (unpaired) electrons. The number of halogens is 1. The van der Waals surface area contributed by atoms with Gasteiger partial charge in [-0.15, -0.1) is 11.3 Å². The molecular formula is C10H14BrNOS. The molecule has 78 valence electrons. The highest BCUT2D eigenvalue weighted by Crippen LogP contribution is 2.20. The van der Waals surface area contributed by atoms with E-state index in [1.54, 1.807) is 11.3 Å². The van der Waals surface area contributed by atoms with Gasteiger partial charge in [0.1, 0.15) is 0 Å². The summed E-state index contributed by atoms with van der Waals surface area (Å²) in [4.78, 5) is 0. The average molecular weight is 276 g/mol. The third-order valence-corrected chi connectivity index (χ3v) is 3.93. The van der Waals surface area contributed by atoms with Crippen LogP contribution in [0.15, 0.2) is 15.2 Å². The predicted octanol–water partition coefficient (Wildman–Crippen LogP) is 2.78. The molecule has 0 unspecified atom stereocenters. The van der Waals surface area contributed by atoms with Crippen LogP contribution in [0.25, 0.3) is 0 Å². The van der Waals surface area contributed by atoms with Gasteiger partial charge >= 0.3 is 0 Å². The molecule has 1 aliphatic heterocycles. The molecule has 1 saturated heterocycles. The fourth-order valence-electron chi connectivity index (χ4n) is 1.60. The van der Waals surface area contributed by atoms with Crippen LogP contribution in [0.2, 0.25) is 0 Å². The highest BCUT2D eigenvalue weighted by Gasteiger charge is 2.12. The van der Waals surface area contributed by atoms with Crippen molar-refractivity contribution >= 4 is 27.3 Å². The molecule has 2 heterocycles. The predicted molar refractivity (Wildman–Crippen MR) is 62.7 cm³/mol. The van der Waals surface area contributed by atoms with Crippen LogP contribution < -0.4 is 5.32 Å². The summed E-state index contributed by atoms with van der Waals surface area (Å²) in [6.45, 7) is 2.75. The molecule has 1 atom stereocenters. The first-order valence-electron chi connectivity index (χ1n) is 4.88. The van der Waals surface area contributed by atoms with Crippen molar-refractivity contribution in [3.8, 4) is 0 Å². The molecule has 0 aliphatic carbocycles. The molecule has 0 bridgehead atoms. The monoisotopic (exact) mass is 275 g/mol. The summed E-state index contributed by atoms with van der Waals surface area (Å²) in [6, 6.07) is 2.71. The highest BCUT2D eigenvalue weighted by molar-refractivity contribution is 9.11. The average Bonchev–Trinajstić information content (AvgIpc) is 2.63. The number of hydrogen-bond acceptors (Lipinski definition) is 3. The summed E-state index contributed by atoms with van der Waals surface area (Å²) in [5.41, 5.74) is 1.35. The second-order valence-electron chi connectivity index (χ2n) is 3.55. The first kappa shape index (κ1) is 10.6. The van der Waals surface area contributed by atoms with Crippen LogP contribution in [0.3, 0.4) is 0 Å². The van der Waals surface area contributed by atoms with Crippen LogP contribution in [0.1, 0.15) is 18.4 Å². The Bertz CT molecular complexity index is 283. The van der Waals surface area contributed by atoms with Gasteiger partial charge in [-0.1, -0.05) is 0 Å². The summed E-state index contributed by atoms with van der Waals surface area (Å²) < 4.78 is 6.61. The lowest BCUT2D eigenvalue weighted by atomic mass is 10.1. The first-order chi connectivity index (χ1) is 6.84. The van der Waals surface area contributed by atoms with Crippen LogP contribution in [0.5, 0.6) is 0 Å². The summed E-state index contributed by atoms with van der Waals surface area (Å²) in [5, 5.41) is 5.69. The molecule has 0 aromatic carbocycles. The van der Waals surface area contributed by atoms with E-state index in [1.165, 1.54) is 22.2 Å². The summed E-state index contributed by atoms with van der Waals surface area (Å²) in [6.07, 6.45) is 2.43. The van der Waals surface area contributed by atoms with Gasteiger partial charge in [0, 0.05) is 19.2 Å². The lowest BCUT2D eigenvalue weighted by Gasteiger charge is -2.22. The smallest absolute Gasteiger partial charge is 0.0701 e. The number of ether oxygens (including phenoxy) is 1. The third-order valence-electron chi connectivity index (χ3n) is 2.38. The van der Waals surface area contributed by atoms with E-state index in [1.807, 2.05) is 0 Å². The fourth-order valence-corrected chi connectivity index (χ4v) is 2.81. The Hall–Kier alpha value is 0.1000. The number of nitrogens with one attached hydrogen (secondary N) is 1. The van der Waals surface area contributed by atoms with Crippen LogP contribution in [-0.2, 0) is 11.3 Å². The van der Waals surface area contributed by atoms with Crippen molar-refractivity contribution in [2.75, 3.05) is 13.2 Å². The van der Waals surface area contributed by atoms with Gasteiger partial charge in [0.25, 0.3) is 0 Å². The fraction of sp³-hybridized carbons (Fsp3) is 0.600. The van der Waals surface area contributed by atoms with Crippen molar-refractivity contribution in [1.29, 1.82) is 0 Å². The van der Waals surface area contributed by atoms with E-state index < -0.39 is 0 Å². The topological polar surface area (TPSA) is 21.3 Å². The number of thiophene rings is 1. The largest absolute Gasteiger partial charge is 0.380 e. The van der Waals surface area contributed by atoms with Crippen LogP contribution in [-0.4, -0.2) is 19.3 Å². The molecule has 0 spiro atoms. The van der Waals surface area contributed by atoms with Gasteiger partial charge < -0.3 is 10.1 Å². The highest BCUT2D eigenvalue weighted by atomic mass is 79.9. The number of rotatable bonds is 3. The Morgan fingerprint density at radius 2 is 2.57 bits per heavy atom. The van der Waals surface area contributed by atoms with E-state index in [0.29, 0.717) is 6.04 Å². The SMILES string of the molecule is Brc1cc(CN[C@@H]2CCCOC2)cs1. The summed E-state index contributed by atoms with van der Waals surface area (Å²) in [7, 11) is 0. The number of hydrogen-bond donors (Lipinski definition) is 1. The third kappa shape index (κ3) is 3.05. The maximum atomic E-state index is 5.41. The quantitative estimate of drug-likeness (QED) is 0.916. The Morgan fingerprint density at radius 1 is 1.64 bits per heavy atom. The zero-order valence-corrected chi connectivity index (χ0v) is 10.4. The van der Waals surface area contributed by atoms with E-state index in [4.69, 9.17) is 4.74 Å². The Morgan fingerprint density at radius 3 is 3.21 bits per heavy atom. The minimum absolute atomic E-state index is 0.544. The zero-order chi connectivity index (χ0) is 9.80. The van der Waals surface area contributed by atoms with Crippen LogP contribution in [0, 0.1) is 0 Å². The van der Waals surface area contributed by atoms with E-state index in [9.17, 15) is 0 Å². The normalized spacial score (nSPS) is 22.5. The Labute approximate surface area is 96.8 Å². The molecule has 2 nitrogen and oxygen atoms in total. The second-order valence-corrected chi connectivity index (χ2v) is 5.84. The standard InChI is InChI=1S/C10H14BrNOS/c11-10-4-8(7-14-10)5-12-9-2-1-3-13-6-9/h4,7,9,12H,1-3,5-6H2/t9-/m1/s1. The molecule has 1 fully saturated rings. The molecule has 14 heavy (non-hydrogen) atoms. The molecule has 0 saturated carbocycles. The first-order valence-corrected chi connectivity index (χ1v) is 6.56. The molecule has 4 heteroatoms. The van der Waals surface area contributed by atoms with Gasteiger partial charge in [0.2, 0.25) is 0 Å². The maximum absolute atomic E-state index is 5.41. The van der Waals surface area contributed by atoms with Gasteiger partial charge in [-0.25, -0.2) is 0 Å². The van der Waals surface area contributed by atoms with Crippen molar-refractivity contribution < 1.29 is 4.74 Å². The van der Waals surface area contributed by atoms with E-state index in [2.05, 4.69) is 32.7 Å². The summed E-state index contributed by atoms with van der Waals surface area (Å²) in [5.74, 6) is 0. The van der Waals surface area contributed by atoms with E-state index in [0.717, 1.165) is 19.8 Å². The van der Waals surface area contributed by atoms with Gasteiger partial charge in [0.15, 0.2) is 0 Å². The molecular weight excluding hydrogens is 262 g/mol. The minimum Gasteiger partial charge on any atom is -0.380 e. The molecule has 1 N–H and O–H groups in total. The molecule has 1 aromatic heterocycles. The summed E-state index contributed by atoms with van der Waals surface area (Å²) >= 11 is 5.20. The van der Waals surface area contributed by atoms with E-state index in [-0.39, 0.29) is 0 Å². The van der Waals surface area contributed by atoms with E-state index >= 15 is 0 Å². The molecule has 1 aromatic rings. The molecule has 0 amide bonds. The minimum atomic E-state index is 0.544. The zero-order valence-electron chi connectivity index (χ0n) is 7.96. The maximum Gasteiger partial charge on any atom is 0.0701 e. The Kier molecular flexibility index (Phi) is 3.99. The van der Waals surface area contributed by atoms with Crippen molar-refractivity contribution in [2.45, 2.75) is 25.4 Å². The molecule has 2 rings (SSSR count). The van der Waals surface area contributed by atoms with Crippen LogP contribution >= 0.6 is 27.3 Å². The van der Waals surface area contributed by atoms with Crippen LogP contribution in [0.4, 0.5) is 0 Å². The van der Waals surface area contributed by atoms with Gasteiger partial charge in [-0.3, -0.25) is 0 Å². The van der Waals surface area contributed by atoms with Crippen molar-refractivity contribution in [3.05, 3.63) is 20.8 Å². The lowest BCUT2D eigenvalue weighted by Crippen LogP contribution is -2.36. The Balaban J connectivity index is 1.76. The van der Waals surface area contributed by atoms with Gasteiger partial charge in [-0.05, 0) is 45.8 Å². The second kappa shape index (κ2) is 5.26. The molecule has 1 aliphatic rings. The lowest BCUT2D eigenvalue weighted by molar-refractivity contribution is 0.0699. The van der Waals surface area contributed by atoms with Crippen molar-refractivity contribution in [2.24, 2.45) is 0 Å².